The summed E-state index contributed by atoms with van der Waals surface area (Å²) in [5, 5.41) is 4.62. The summed E-state index contributed by atoms with van der Waals surface area (Å²) in [5.74, 6) is 0.179. The first kappa shape index (κ1) is 22.0. The van der Waals surface area contributed by atoms with Gasteiger partial charge in [-0.25, -0.2) is 4.98 Å². The highest BCUT2D eigenvalue weighted by Crippen LogP contribution is 2.24. The fraction of sp³-hybridized carbons (Fsp3) is 0.360. The van der Waals surface area contributed by atoms with E-state index in [0.29, 0.717) is 49.7 Å². The average molecular weight is 491 g/mol. The van der Waals surface area contributed by atoms with Gasteiger partial charge >= 0.3 is 0 Å². The van der Waals surface area contributed by atoms with Gasteiger partial charge in [0.15, 0.2) is 5.69 Å². The number of rotatable bonds is 4. The van der Waals surface area contributed by atoms with E-state index < -0.39 is 0 Å². The maximum absolute atomic E-state index is 13.2. The van der Waals surface area contributed by atoms with Crippen LogP contribution in [0.15, 0.2) is 39.8 Å². The number of aromatic nitrogens is 3. The third-order valence-corrected chi connectivity index (χ3v) is 7.67. The molecule has 1 aromatic carbocycles. The summed E-state index contributed by atoms with van der Waals surface area (Å²) in [6.45, 7) is 4.76. The van der Waals surface area contributed by atoms with Crippen LogP contribution in [0, 0.1) is 0 Å². The van der Waals surface area contributed by atoms with Gasteiger partial charge in [0.1, 0.15) is 0 Å². The number of amides is 2. The van der Waals surface area contributed by atoms with Crippen molar-refractivity contribution in [2.24, 2.45) is 0 Å². The Balaban J connectivity index is 1.15. The van der Waals surface area contributed by atoms with E-state index in [4.69, 9.17) is 0 Å². The Morgan fingerprint density at radius 2 is 1.71 bits per heavy atom. The van der Waals surface area contributed by atoms with Crippen molar-refractivity contribution in [3.63, 3.8) is 0 Å². The molecule has 0 aliphatic carbocycles. The van der Waals surface area contributed by atoms with Crippen LogP contribution in [0.3, 0.4) is 0 Å². The smallest absolute Gasteiger partial charge is 0.276 e. The lowest BCUT2D eigenvalue weighted by Crippen LogP contribution is -2.51. The first-order chi connectivity index (χ1) is 17.0. The van der Waals surface area contributed by atoms with Gasteiger partial charge < -0.3 is 19.8 Å². The summed E-state index contributed by atoms with van der Waals surface area (Å²) in [5.41, 5.74) is 3.64. The normalized spacial score (nSPS) is 17.0. The van der Waals surface area contributed by atoms with Crippen LogP contribution in [0.5, 0.6) is 0 Å². The predicted molar refractivity (Wildman–Crippen MR) is 136 cm³/mol. The number of nitrogens with one attached hydrogen (secondary N) is 2. The molecular weight excluding hydrogens is 464 g/mol. The topological polar surface area (TPSA) is 105 Å². The van der Waals surface area contributed by atoms with Crippen molar-refractivity contribution < 1.29 is 9.59 Å². The average Bonchev–Trinajstić information content (AvgIpc) is 3.63. The van der Waals surface area contributed by atoms with Gasteiger partial charge in [0.2, 0.25) is 5.91 Å². The summed E-state index contributed by atoms with van der Waals surface area (Å²) in [4.78, 5) is 54.7. The molecule has 35 heavy (non-hydrogen) atoms. The van der Waals surface area contributed by atoms with Gasteiger partial charge in [0.05, 0.1) is 23.3 Å². The van der Waals surface area contributed by atoms with E-state index in [-0.39, 0.29) is 17.4 Å². The molecule has 6 rings (SSSR count). The fourth-order valence-corrected chi connectivity index (χ4v) is 5.64. The molecule has 2 aliphatic rings. The lowest BCUT2D eigenvalue weighted by molar-refractivity contribution is -0.131. The number of likely N-dealkylation sites (tertiary alicyclic amines) is 1. The highest BCUT2D eigenvalue weighted by molar-refractivity contribution is 7.09. The maximum Gasteiger partial charge on any atom is 0.276 e. The fourth-order valence-electron chi connectivity index (χ4n) is 4.95. The van der Waals surface area contributed by atoms with E-state index in [1.807, 2.05) is 44.8 Å². The van der Waals surface area contributed by atoms with E-state index in [2.05, 4.69) is 19.9 Å². The van der Waals surface area contributed by atoms with Crippen LogP contribution >= 0.6 is 11.3 Å². The van der Waals surface area contributed by atoms with Crippen LogP contribution in [0.2, 0.25) is 0 Å². The summed E-state index contributed by atoms with van der Waals surface area (Å²) in [7, 11) is 0. The molecule has 0 saturated carbocycles. The van der Waals surface area contributed by atoms with E-state index >= 15 is 0 Å². The summed E-state index contributed by atoms with van der Waals surface area (Å²) < 4.78 is 0. The van der Waals surface area contributed by atoms with Crippen LogP contribution in [0.25, 0.3) is 33.3 Å². The van der Waals surface area contributed by atoms with Gasteiger partial charge in [-0.2, -0.15) is 0 Å². The zero-order chi connectivity index (χ0) is 23.9. The molecule has 180 valence electrons. The second-order valence-corrected chi connectivity index (χ2v) is 9.97. The lowest BCUT2D eigenvalue weighted by atomic mass is 10.1. The molecule has 9 nitrogen and oxygen atoms in total. The van der Waals surface area contributed by atoms with Gasteiger partial charge in [0, 0.05) is 66.5 Å². The SMILES string of the molecule is O=C(CN1CCN(C(=O)c2ccc3[nH]c(-c4nc5cscc5[nH]c4=O)cc3c2)CC1)N1CCCC1. The van der Waals surface area contributed by atoms with Gasteiger partial charge in [-0.05, 0) is 37.1 Å². The van der Waals surface area contributed by atoms with Crippen LogP contribution in [0.1, 0.15) is 23.2 Å². The molecule has 2 amide bonds. The quantitative estimate of drug-likeness (QED) is 0.457. The predicted octanol–water partition coefficient (Wildman–Crippen LogP) is 2.51. The minimum atomic E-state index is -0.250. The minimum Gasteiger partial charge on any atom is -0.353 e. The zero-order valence-electron chi connectivity index (χ0n) is 19.2. The second-order valence-electron chi connectivity index (χ2n) is 9.23. The summed E-state index contributed by atoms with van der Waals surface area (Å²) in [6.07, 6.45) is 2.19. The molecular formula is C25H26N6O3S. The standard InChI is InChI=1S/C25H26N6O3S/c32-22(30-5-1-2-6-30)13-29-7-9-31(10-8-29)25(34)16-3-4-18-17(11-16)12-19(26-18)23-24(33)28-21-15-35-14-20(21)27-23/h3-4,11-12,14-15,26H,1-2,5-10,13H2,(H,28,33). The van der Waals surface area contributed by atoms with E-state index in [1.165, 1.54) is 11.3 Å². The third kappa shape index (κ3) is 4.23. The first-order valence-corrected chi connectivity index (χ1v) is 12.9. The number of carbonyl (C=O) groups excluding carboxylic acids is 2. The molecule has 4 aromatic rings. The molecule has 3 aromatic heterocycles. The van der Waals surface area contributed by atoms with Crippen molar-refractivity contribution in [1.29, 1.82) is 0 Å². The summed E-state index contributed by atoms with van der Waals surface area (Å²) >= 11 is 1.49. The summed E-state index contributed by atoms with van der Waals surface area (Å²) in [6, 6.07) is 7.41. The van der Waals surface area contributed by atoms with Crippen LogP contribution in [-0.2, 0) is 4.79 Å². The molecule has 0 unspecified atom stereocenters. The highest BCUT2D eigenvalue weighted by Gasteiger charge is 2.26. The molecule has 10 heteroatoms. The monoisotopic (exact) mass is 490 g/mol. The van der Waals surface area contributed by atoms with E-state index in [1.54, 1.807) is 0 Å². The van der Waals surface area contributed by atoms with Crippen molar-refractivity contribution >= 4 is 45.1 Å². The number of hydrogen-bond acceptors (Lipinski definition) is 6. The van der Waals surface area contributed by atoms with Crippen LogP contribution in [0.4, 0.5) is 0 Å². The Labute approximate surface area is 205 Å². The second kappa shape index (κ2) is 8.94. The number of hydrogen-bond donors (Lipinski definition) is 2. The number of benzene rings is 1. The Morgan fingerprint density at radius 3 is 2.51 bits per heavy atom. The molecule has 2 N–H and O–H groups in total. The number of aromatic amines is 2. The molecule has 2 fully saturated rings. The highest BCUT2D eigenvalue weighted by atomic mass is 32.1. The Morgan fingerprint density at radius 1 is 0.914 bits per heavy atom. The van der Waals surface area contributed by atoms with Gasteiger partial charge in [0.25, 0.3) is 11.5 Å². The molecule has 5 heterocycles. The Kier molecular flexibility index (Phi) is 5.62. The maximum atomic E-state index is 13.2. The van der Waals surface area contributed by atoms with Crippen molar-refractivity contribution in [3.8, 4) is 11.4 Å². The molecule has 2 saturated heterocycles. The van der Waals surface area contributed by atoms with E-state index in [9.17, 15) is 14.4 Å². The third-order valence-electron chi connectivity index (χ3n) is 6.94. The van der Waals surface area contributed by atoms with Crippen molar-refractivity contribution in [2.75, 3.05) is 45.8 Å². The number of H-pyrrole nitrogens is 2. The van der Waals surface area contributed by atoms with Crippen molar-refractivity contribution in [3.05, 3.63) is 50.9 Å². The van der Waals surface area contributed by atoms with Gasteiger partial charge in [-0.15, -0.1) is 11.3 Å². The van der Waals surface area contributed by atoms with Gasteiger partial charge in [-0.3, -0.25) is 19.3 Å². The van der Waals surface area contributed by atoms with Crippen LogP contribution in [-0.4, -0.2) is 87.3 Å². The molecule has 0 bridgehead atoms. The molecule has 0 spiro atoms. The molecule has 2 aliphatic heterocycles. The number of piperazine rings is 1. The Bertz CT molecular complexity index is 1470. The largest absolute Gasteiger partial charge is 0.353 e. The van der Waals surface area contributed by atoms with Crippen LogP contribution < -0.4 is 5.56 Å². The number of thiophene rings is 1. The number of nitrogens with zero attached hydrogens (tertiary/aromatic N) is 4. The first-order valence-electron chi connectivity index (χ1n) is 11.9. The van der Waals surface area contributed by atoms with Gasteiger partial charge in [-0.1, -0.05) is 0 Å². The van der Waals surface area contributed by atoms with Crippen molar-refractivity contribution in [2.45, 2.75) is 12.8 Å². The molecule has 0 radical (unpaired) electrons. The number of carbonyl (C=O) groups is 2. The van der Waals surface area contributed by atoms with Crippen molar-refractivity contribution in [1.82, 2.24) is 29.7 Å². The minimum absolute atomic E-state index is 0.0177. The molecule has 0 atom stereocenters. The Hall–Kier alpha value is -3.50. The zero-order valence-corrected chi connectivity index (χ0v) is 20.1. The van der Waals surface area contributed by atoms with E-state index in [0.717, 1.165) is 47.9 Å². The number of fused-ring (bicyclic) bond motifs is 2. The lowest BCUT2D eigenvalue weighted by Gasteiger charge is -2.35.